The summed E-state index contributed by atoms with van der Waals surface area (Å²) in [5.74, 6) is 0.382. The molecule has 0 atom stereocenters. The normalized spacial score (nSPS) is 15.3. The van der Waals surface area contributed by atoms with Crippen LogP contribution in [-0.4, -0.2) is 35.8 Å². The summed E-state index contributed by atoms with van der Waals surface area (Å²) in [6, 6.07) is 8.61. The van der Waals surface area contributed by atoms with Gasteiger partial charge in [-0.25, -0.2) is 0 Å². The first-order valence-electron chi connectivity index (χ1n) is 9.21. The van der Waals surface area contributed by atoms with Gasteiger partial charge < -0.3 is 10.2 Å². The number of benzene rings is 1. The number of nitrogens with one attached hydrogen (secondary N) is 1. The third-order valence-electron chi connectivity index (χ3n) is 4.72. The van der Waals surface area contributed by atoms with E-state index in [4.69, 9.17) is 0 Å². The number of nitrogens with zero attached hydrogens (tertiary/aromatic N) is 1. The number of rotatable bonds is 7. The number of likely N-dealkylation sites (tertiary alicyclic amines) is 1. The minimum Gasteiger partial charge on any atom is -0.353 e. The Morgan fingerprint density at radius 1 is 1.12 bits per heavy atom. The summed E-state index contributed by atoms with van der Waals surface area (Å²) in [5.41, 5.74) is 2.46. The van der Waals surface area contributed by atoms with Crippen molar-refractivity contribution < 1.29 is 9.59 Å². The van der Waals surface area contributed by atoms with Crippen LogP contribution >= 0.6 is 0 Å². The molecule has 1 aromatic carbocycles. The number of carbonyl (C=O) groups excluding carboxylic acids is 2. The molecule has 0 radical (unpaired) electrons. The first-order chi connectivity index (χ1) is 11.6. The Hall–Kier alpha value is -1.84. The van der Waals surface area contributed by atoms with Crippen LogP contribution in [0, 0.1) is 6.92 Å². The van der Waals surface area contributed by atoms with E-state index in [1.807, 2.05) is 4.90 Å². The maximum absolute atomic E-state index is 12.3. The molecule has 0 unspecified atom stereocenters. The standard InChI is InChI=1S/C20H30N2O2/c1-3-4-5-19(23)21-18-12-14-22(15-13-18)20(24)11-10-17-8-6-16(2)7-9-17/h6-9,18H,3-5,10-15H2,1-2H3,(H,21,23). The molecule has 4 nitrogen and oxygen atoms in total. The minimum atomic E-state index is 0.154. The molecule has 1 N–H and O–H groups in total. The van der Waals surface area contributed by atoms with Crippen molar-refractivity contribution in [2.75, 3.05) is 13.1 Å². The molecular weight excluding hydrogens is 300 g/mol. The van der Waals surface area contributed by atoms with E-state index in [1.54, 1.807) is 0 Å². The van der Waals surface area contributed by atoms with Crippen molar-refractivity contribution in [3.63, 3.8) is 0 Å². The van der Waals surface area contributed by atoms with E-state index in [0.29, 0.717) is 12.8 Å². The van der Waals surface area contributed by atoms with Crippen LogP contribution in [0.15, 0.2) is 24.3 Å². The molecule has 0 saturated carbocycles. The number of aryl methyl sites for hydroxylation is 2. The zero-order valence-electron chi connectivity index (χ0n) is 15.0. The Kier molecular flexibility index (Phi) is 7.29. The van der Waals surface area contributed by atoms with Crippen LogP contribution < -0.4 is 5.32 Å². The third kappa shape index (κ3) is 5.99. The van der Waals surface area contributed by atoms with Gasteiger partial charge in [0.15, 0.2) is 0 Å². The van der Waals surface area contributed by atoms with Gasteiger partial charge in [-0.05, 0) is 38.2 Å². The lowest BCUT2D eigenvalue weighted by Crippen LogP contribution is -2.46. The summed E-state index contributed by atoms with van der Waals surface area (Å²) in [4.78, 5) is 26.1. The second-order valence-corrected chi connectivity index (χ2v) is 6.81. The zero-order chi connectivity index (χ0) is 17.4. The van der Waals surface area contributed by atoms with Gasteiger partial charge in [0.2, 0.25) is 11.8 Å². The number of carbonyl (C=O) groups is 2. The first kappa shape index (κ1) is 18.5. The highest BCUT2D eigenvalue weighted by molar-refractivity contribution is 5.77. The van der Waals surface area contributed by atoms with Crippen molar-refractivity contribution in [2.24, 2.45) is 0 Å². The van der Waals surface area contributed by atoms with Crippen molar-refractivity contribution >= 4 is 11.8 Å². The Labute approximate surface area is 145 Å². The molecule has 24 heavy (non-hydrogen) atoms. The van der Waals surface area contributed by atoms with Gasteiger partial charge in [-0.3, -0.25) is 9.59 Å². The predicted molar refractivity (Wildman–Crippen MR) is 96.8 cm³/mol. The molecule has 1 heterocycles. The fourth-order valence-corrected chi connectivity index (χ4v) is 3.07. The largest absolute Gasteiger partial charge is 0.353 e. The van der Waals surface area contributed by atoms with Gasteiger partial charge >= 0.3 is 0 Å². The number of hydrogen-bond acceptors (Lipinski definition) is 2. The third-order valence-corrected chi connectivity index (χ3v) is 4.72. The monoisotopic (exact) mass is 330 g/mol. The Morgan fingerprint density at radius 2 is 1.79 bits per heavy atom. The molecule has 132 valence electrons. The number of piperidine rings is 1. The van der Waals surface area contributed by atoms with Gasteiger partial charge in [0, 0.05) is 32.0 Å². The molecule has 2 rings (SSSR count). The van der Waals surface area contributed by atoms with Crippen LogP contribution in [0.3, 0.4) is 0 Å². The van der Waals surface area contributed by atoms with Crippen molar-refractivity contribution in [3.8, 4) is 0 Å². The Bertz CT molecular complexity index is 531. The highest BCUT2D eigenvalue weighted by Gasteiger charge is 2.23. The van der Waals surface area contributed by atoms with Crippen LogP contribution in [0.2, 0.25) is 0 Å². The van der Waals surface area contributed by atoms with Crippen molar-refractivity contribution in [1.29, 1.82) is 0 Å². The van der Waals surface area contributed by atoms with Gasteiger partial charge in [0.05, 0.1) is 0 Å². The lowest BCUT2D eigenvalue weighted by atomic mass is 10.0. The molecule has 1 aliphatic rings. The van der Waals surface area contributed by atoms with Crippen molar-refractivity contribution in [2.45, 2.75) is 64.8 Å². The van der Waals surface area contributed by atoms with Gasteiger partial charge in [0.25, 0.3) is 0 Å². The van der Waals surface area contributed by atoms with Gasteiger partial charge in [-0.2, -0.15) is 0 Å². The number of unbranched alkanes of at least 4 members (excludes halogenated alkanes) is 1. The van der Waals surface area contributed by atoms with Gasteiger partial charge in [0.1, 0.15) is 0 Å². The average molecular weight is 330 g/mol. The van der Waals surface area contributed by atoms with Crippen molar-refractivity contribution in [1.82, 2.24) is 10.2 Å². The Morgan fingerprint density at radius 3 is 2.42 bits per heavy atom. The second kappa shape index (κ2) is 9.45. The highest BCUT2D eigenvalue weighted by Crippen LogP contribution is 2.14. The molecular formula is C20H30N2O2. The molecule has 1 saturated heterocycles. The van der Waals surface area contributed by atoms with Gasteiger partial charge in [-0.15, -0.1) is 0 Å². The maximum Gasteiger partial charge on any atom is 0.222 e. The quantitative estimate of drug-likeness (QED) is 0.834. The Balaban J connectivity index is 1.68. The first-order valence-corrected chi connectivity index (χ1v) is 9.21. The van der Waals surface area contributed by atoms with E-state index in [0.717, 1.165) is 45.2 Å². The number of amides is 2. The molecule has 0 aliphatic carbocycles. The minimum absolute atomic E-state index is 0.154. The molecule has 1 aromatic rings. The smallest absolute Gasteiger partial charge is 0.222 e. The zero-order valence-corrected chi connectivity index (χ0v) is 15.0. The van der Waals surface area contributed by atoms with E-state index in [1.165, 1.54) is 11.1 Å². The van der Waals surface area contributed by atoms with Crippen LogP contribution in [0.1, 0.15) is 56.6 Å². The van der Waals surface area contributed by atoms with E-state index in [9.17, 15) is 9.59 Å². The van der Waals surface area contributed by atoms with Crippen LogP contribution in [0.25, 0.3) is 0 Å². The molecule has 4 heteroatoms. The van der Waals surface area contributed by atoms with Crippen LogP contribution in [-0.2, 0) is 16.0 Å². The fourth-order valence-electron chi connectivity index (χ4n) is 3.07. The fraction of sp³-hybridized carbons (Fsp3) is 0.600. The van der Waals surface area contributed by atoms with Gasteiger partial charge in [-0.1, -0.05) is 43.2 Å². The summed E-state index contributed by atoms with van der Waals surface area (Å²) in [7, 11) is 0. The average Bonchev–Trinajstić information content (AvgIpc) is 2.60. The molecule has 0 aromatic heterocycles. The number of hydrogen-bond donors (Lipinski definition) is 1. The molecule has 1 fully saturated rings. The van der Waals surface area contributed by atoms with E-state index >= 15 is 0 Å². The maximum atomic E-state index is 12.3. The summed E-state index contributed by atoms with van der Waals surface area (Å²) in [6.45, 7) is 5.67. The van der Waals surface area contributed by atoms with Crippen LogP contribution in [0.5, 0.6) is 0 Å². The molecule has 2 amide bonds. The lowest BCUT2D eigenvalue weighted by molar-refractivity contribution is -0.132. The molecule has 0 bridgehead atoms. The topological polar surface area (TPSA) is 49.4 Å². The van der Waals surface area contributed by atoms with E-state index in [2.05, 4.69) is 43.4 Å². The molecule has 0 spiro atoms. The highest BCUT2D eigenvalue weighted by atomic mass is 16.2. The van der Waals surface area contributed by atoms with Crippen molar-refractivity contribution in [3.05, 3.63) is 35.4 Å². The summed E-state index contributed by atoms with van der Waals surface area (Å²) in [5, 5.41) is 3.10. The predicted octanol–water partition coefficient (Wildman–Crippen LogP) is 3.23. The van der Waals surface area contributed by atoms with E-state index in [-0.39, 0.29) is 17.9 Å². The SMILES string of the molecule is CCCCC(=O)NC1CCN(C(=O)CCc2ccc(C)cc2)CC1. The summed E-state index contributed by atoms with van der Waals surface area (Å²) >= 11 is 0. The summed E-state index contributed by atoms with van der Waals surface area (Å²) in [6.07, 6.45) is 5.71. The lowest BCUT2D eigenvalue weighted by Gasteiger charge is -2.32. The van der Waals surface area contributed by atoms with Crippen LogP contribution in [0.4, 0.5) is 0 Å². The van der Waals surface area contributed by atoms with E-state index < -0.39 is 0 Å². The second-order valence-electron chi connectivity index (χ2n) is 6.81. The molecule has 1 aliphatic heterocycles. The summed E-state index contributed by atoms with van der Waals surface area (Å²) < 4.78 is 0.